The molecule has 0 saturated carbocycles. The highest BCUT2D eigenvalue weighted by atomic mass is 79.9. The van der Waals surface area contributed by atoms with Crippen LogP contribution in [-0.4, -0.2) is 20.3 Å². The van der Waals surface area contributed by atoms with E-state index in [-0.39, 0.29) is 6.04 Å². The first-order valence-electron chi connectivity index (χ1n) is 6.10. The van der Waals surface area contributed by atoms with Crippen molar-refractivity contribution in [3.8, 4) is 11.5 Å². The topological polar surface area (TPSA) is 43.6 Å². The van der Waals surface area contributed by atoms with Crippen molar-refractivity contribution in [3.05, 3.63) is 46.3 Å². The zero-order chi connectivity index (χ0) is 13.2. The molecule has 2 heterocycles. The molecule has 0 radical (unpaired) electrons. The third-order valence-corrected chi connectivity index (χ3v) is 3.49. The van der Waals surface area contributed by atoms with Crippen molar-refractivity contribution >= 4 is 15.9 Å². The highest BCUT2D eigenvalue weighted by Gasteiger charge is 2.19. The molecule has 1 unspecified atom stereocenters. The van der Waals surface area contributed by atoms with Crippen molar-refractivity contribution in [3.63, 3.8) is 0 Å². The number of halogens is 1. The number of hydrogen-bond acceptors (Lipinski definition) is 4. The molecule has 3 rings (SSSR count). The zero-order valence-corrected chi connectivity index (χ0v) is 12.1. The van der Waals surface area contributed by atoms with Gasteiger partial charge in [0.1, 0.15) is 19.0 Å². The average molecular weight is 324 g/mol. The Labute approximate surface area is 119 Å². The van der Waals surface area contributed by atoms with E-state index in [1.54, 1.807) is 0 Å². The fourth-order valence-corrected chi connectivity index (χ4v) is 2.52. The van der Waals surface area contributed by atoms with Gasteiger partial charge in [-0.15, -0.1) is 0 Å². The lowest BCUT2D eigenvalue weighted by Crippen LogP contribution is -2.19. The van der Waals surface area contributed by atoms with Crippen LogP contribution in [0.5, 0.6) is 11.5 Å². The Morgan fingerprint density at radius 2 is 1.89 bits per heavy atom. The predicted molar refractivity (Wildman–Crippen MR) is 74.7 cm³/mol. The van der Waals surface area contributed by atoms with Gasteiger partial charge in [-0.1, -0.05) is 6.07 Å². The molecule has 1 aliphatic rings. The lowest BCUT2D eigenvalue weighted by Gasteiger charge is -2.21. The van der Waals surface area contributed by atoms with Gasteiger partial charge in [0.25, 0.3) is 0 Å². The third-order valence-electron chi connectivity index (χ3n) is 3.07. The van der Waals surface area contributed by atoms with Crippen molar-refractivity contribution in [2.45, 2.75) is 6.04 Å². The van der Waals surface area contributed by atoms with Gasteiger partial charge >= 0.3 is 0 Å². The van der Waals surface area contributed by atoms with Crippen molar-refractivity contribution in [1.82, 2.24) is 5.32 Å². The maximum atomic E-state index is 5.62. The number of rotatable bonds is 3. The lowest BCUT2D eigenvalue weighted by atomic mass is 10.0. The van der Waals surface area contributed by atoms with Crippen LogP contribution in [0.1, 0.15) is 17.4 Å². The Morgan fingerprint density at radius 1 is 1.11 bits per heavy atom. The number of ether oxygens (including phenoxy) is 2. The summed E-state index contributed by atoms with van der Waals surface area (Å²) in [4.78, 5) is 0. The summed E-state index contributed by atoms with van der Waals surface area (Å²) in [6.07, 6.45) is 0. The molecule has 0 spiro atoms. The van der Waals surface area contributed by atoms with E-state index in [9.17, 15) is 0 Å². The Morgan fingerprint density at radius 3 is 2.58 bits per heavy atom. The predicted octanol–water partition coefficient (Wildman–Crippen LogP) is 3.12. The highest BCUT2D eigenvalue weighted by molar-refractivity contribution is 9.10. The van der Waals surface area contributed by atoms with Gasteiger partial charge in [0, 0.05) is 0 Å². The molecule has 19 heavy (non-hydrogen) atoms. The van der Waals surface area contributed by atoms with Crippen LogP contribution in [0.25, 0.3) is 0 Å². The van der Waals surface area contributed by atoms with Crippen LogP contribution in [0.3, 0.4) is 0 Å². The Hall–Kier alpha value is -1.46. The third kappa shape index (κ3) is 2.48. The van der Waals surface area contributed by atoms with Crippen LogP contribution >= 0.6 is 15.9 Å². The molecular weight excluding hydrogens is 310 g/mol. The minimum absolute atomic E-state index is 0.0119. The smallest absolute Gasteiger partial charge is 0.169 e. The first kappa shape index (κ1) is 12.6. The van der Waals surface area contributed by atoms with Crippen LogP contribution in [0.2, 0.25) is 0 Å². The summed E-state index contributed by atoms with van der Waals surface area (Å²) in [6.45, 7) is 1.19. The standard InChI is InChI=1S/C14H14BrNO3/c1-16-14(11-4-5-13(15)19-11)9-2-3-10-12(8-9)18-7-6-17-10/h2-5,8,14,16H,6-7H2,1H3. The van der Waals surface area contributed by atoms with Gasteiger partial charge in [0.15, 0.2) is 16.2 Å². The molecule has 0 bridgehead atoms. The number of benzene rings is 1. The molecule has 0 saturated heterocycles. The quantitative estimate of drug-likeness (QED) is 0.942. The molecule has 5 heteroatoms. The number of furan rings is 1. The summed E-state index contributed by atoms with van der Waals surface area (Å²) >= 11 is 3.32. The largest absolute Gasteiger partial charge is 0.486 e. The number of nitrogens with one attached hydrogen (secondary N) is 1. The van der Waals surface area contributed by atoms with Gasteiger partial charge in [0.05, 0.1) is 6.04 Å². The molecule has 1 atom stereocenters. The molecule has 1 aromatic heterocycles. The molecule has 2 aromatic rings. The van der Waals surface area contributed by atoms with Crippen molar-refractivity contribution in [1.29, 1.82) is 0 Å². The zero-order valence-electron chi connectivity index (χ0n) is 10.5. The number of fused-ring (bicyclic) bond motifs is 1. The molecule has 0 fully saturated rings. The van der Waals surface area contributed by atoms with Gasteiger partial charge in [-0.2, -0.15) is 0 Å². The van der Waals surface area contributed by atoms with E-state index in [2.05, 4.69) is 21.2 Å². The average Bonchev–Trinajstić information content (AvgIpc) is 2.86. The molecule has 1 N–H and O–H groups in total. The van der Waals surface area contributed by atoms with E-state index in [4.69, 9.17) is 13.9 Å². The first-order valence-corrected chi connectivity index (χ1v) is 6.89. The van der Waals surface area contributed by atoms with Crippen LogP contribution in [0.15, 0.2) is 39.4 Å². The summed E-state index contributed by atoms with van der Waals surface area (Å²) in [5.74, 6) is 2.44. The van der Waals surface area contributed by atoms with Gasteiger partial charge in [-0.25, -0.2) is 0 Å². The van der Waals surface area contributed by atoms with E-state index in [1.807, 2.05) is 37.4 Å². The van der Waals surface area contributed by atoms with E-state index in [0.29, 0.717) is 13.2 Å². The fraction of sp³-hybridized carbons (Fsp3) is 0.286. The first-order chi connectivity index (χ1) is 9.28. The van der Waals surface area contributed by atoms with E-state index in [0.717, 1.165) is 27.5 Å². The second-order valence-electron chi connectivity index (χ2n) is 4.27. The molecule has 100 valence electrons. The lowest BCUT2D eigenvalue weighted by molar-refractivity contribution is 0.171. The molecule has 4 nitrogen and oxygen atoms in total. The molecular formula is C14H14BrNO3. The molecule has 0 amide bonds. The highest BCUT2D eigenvalue weighted by Crippen LogP contribution is 2.34. The normalized spacial score (nSPS) is 15.3. The second kappa shape index (κ2) is 5.27. The fourth-order valence-electron chi connectivity index (χ4n) is 2.20. The van der Waals surface area contributed by atoms with E-state index < -0.39 is 0 Å². The minimum Gasteiger partial charge on any atom is -0.486 e. The van der Waals surface area contributed by atoms with Crippen LogP contribution in [0.4, 0.5) is 0 Å². The summed E-state index contributed by atoms with van der Waals surface area (Å²) in [5.41, 5.74) is 1.08. The van der Waals surface area contributed by atoms with Crippen molar-refractivity contribution < 1.29 is 13.9 Å². The van der Waals surface area contributed by atoms with E-state index in [1.165, 1.54) is 0 Å². The van der Waals surface area contributed by atoms with Gasteiger partial charge in [-0.05, 0) is 52.8 Å². The SMILES string of the molecule is CNC(c1ccc2c(c1)OCCO2)c1ccc(Br)o1. The van der Waals surface area contributed by atoms with Gasteiger partial charge in [0.2, 0.25) is 0 Å². The summed E-state index contributed by atoms with van der Waals surface area (Å²) in [6, 6.07) is 9.77. The second-order valence-corrected chi connectivity index (χ2v) is 5.05. The summed E-state index contributed by atoms with van der Waals surface area (Å²) < 4.78 is 17.5. The monoisotopic (exact) mass is 323 g/mol. The minimum atomic E-state index is -0.0119. The van der Waals surface area contributed by atoms with Crippen LogP contribution in [-0.2, 0) is 0 Å². The van der Waals surface area contributed by atoms with Gasteiger partial charge in [-0.3, -0.25) is 0 Å². The maximum absolute atomic E-state index is 5.62. The number of hydrogen-bond donors (Lipinski definition) is 1. The van der Waals surface area contributed by atoms with Crippen molar-refractivity contribution in [2.75, 3.05) is 20.3 Å². The molecule has 1 aliphatic heterocycles. The van der Waals surface area contributed by atoms with Crippen LogP contribution < -0.4 is 14.8 Å². The summed E-state index contributed by atoms with van der Waals surface area (Å²) in [5, 5.41) is 3.24. The molecule has 1 aromatic carbocycles. The van der Waals surface area contributed by atoms with Gasteiger partial charge < -0.3 is 19.2 Å². The van der Waals surface area contributed by atoms with E-state index >= 15 is 0 Å². The Kier molecular flexibility index (Phi) is 3.48. The Balaban J connectivity index is 1.95. The molecule has 0 aliphatic carbocycles. The summed E-state index contributed by atoms with van der Waals surface area (Å²) in [7, 11) is 1.90. The van der Waals surface area contributed by atoms with Crippen LogP contribution in [0, 0.1) is 0 Å². The Bertz CT molecular complexity index is 582. The maximum Gasteiger partial charge on any atom is 0.169 e. The van der Waals surface area contributed by atoms with Crippen molar-refractivity contribution in [2.24, 2.45) is 0 Å².